The Morgan fingerprint density at radius 1 is 0.864 bits per heavy atom. The lowest BCUT2D eigenvalue weighted by molar-refractivity contribution is 0.0240. The van der Waals surface area contributed by atoms with Crippen LogP contribution in [0, 0.1) is 0 Å². The van der Waals surface area contributed by atoms with Crippen LogP contribution in [-0.4, -0.2) is 42.9 Å². The lowest BCUT2D eigenvalue weighted by Crippen LogP contribution is -2.39. The van der Waals surface area contributed by atoms with Gasteiger partial charge in [0.05, 0.1) is 19.3 Å². The number of nitrogens with zero attached hydrogens (tertiary/aromatic N) is 1. The van der Waals surface area contributed by atoms with Crippen LogP contribution in [0.25, 0.3) is 0 Å². The highest BCUT2D eigenvalue weighted by molar-refractivity contribution is 5.27. The van der Waals surface area contributed by atoms with Gasteiger partial charge in [-0.05, 0) is 11.1 Å². The zero-order chi connectivity index (χ0) is 15.2. The third-order valence-electron chi connectivity index (χ3n) is 4.31. The molecule has 116 valence electrons. The van der Waals surface area contributed by atoms with Crippen molar-refractivity contribution in [3.05, 3.63) is 71.8 Å². The number of hydrogen-bond acceptors (Lipinski definition) is 3. The van der Waals surface area contributed by atoms with Crippen LogP contribution in [0.1, 0.15) is 23.1 Å². The highest BCUT2D eigenvalue weighted by atomic mass is 16.5. The van der Waals surface area contributed by atoms with E-state index in [9.17, 15) is 5.11 Å². The van der Waals surface area contributed by atoms with Crippen LogP contribution in [0.15, 0.2) is 60.7 Å². The molecule has 0 spiro atoms. The van der Waals surface area contributed by atoms with Crippen molar-refractivity contribution in [1.29, 1.82) is 0 Å². The number of aliphatic hydroxyl groups excluding tert-OH is 1. The molecule has 3 nitrogen and oxygen atoms in total. The number of ether oxygens (including phenoxy) is 1. The summed E-state index contributed by atoms with van der Waals surface area (Å²) in [6.45, 7) is 4.28. The number of hydrogen-bond donors (Lipinski definition) is 1. The molecule has 2 aromatic carbocycles. The predicted octanol–water partition coefficient (Wildman–Crippen LogP) is 2.84. The van der Waals surface area contributed by atoms with Crippen molar-refractivity contribution >= 4 is 0 Å². The Kier molecular flexibility index (Phi) is 5.22. The molecule has 22 heavy (non-hydrogen) atoms. The monoisotopic (exact) mass is 297 g/mol. The van der Waals surface area contributed by atoms with E-state index in [4.69, 9.17) is 4.74 Å². The van der Waals surface area contributed by atoms with Crippen molar-refractivity contribution in [2.75, 3.05) is 32.8 Å². The average Bonchev–Trinajstić information content (AvgIpc) is 2.61. The summed E-state index contributed by atoms with van der Waals surface area (Å²) >= 11 is 0. The summed E-state index contributed by atoms with van der Waals surface area (Å²) in [5.74, 6) is 0.0710. The molecule has 1 heterocycles. The predicted molar refractivity (Wildman–Crippen MR) is 87.8 cm³/mol. The van der Waals surface area contributed by atoms with Crippen LogP contribution >= 0.6 is 0 Å². The molecule has 2 atom stereocenters. The van der Waals surface area contributed by atoms with Crippen LogP contribution in [0.4, 0.5) is 0 Å². The van der Waals surface area contributed by atoms with Gasteiger partial charge in [0, 0.05) is 25.6 Å². The molecule has 2 aromatic rings. The van der Waals surface area contributed by atoms with Gasteiger partial charge >= 0.3 is 0 Å². The fraction of sp³-hybridized carbons (Fsp3) is 0.368. The molecule has 3 heteroatoms. The SMILES string of the molecule is O[C@@H](c1ccccc1)[C@H](CN1CCOCC1)c1ccccc1. The highest BCUT2D eigenvalue weighted by Crippen LogP contribution is 2.31. The Morgan fingerprint density at radius 2 is 1.41 bits per heavy atom. The molecular weight excluding hydrogens is 274 g/mol. The fourth-order valence-corrected chi connectivity index (χ4v) is 3.03. The molecule has 0 radical (unpaired) electrons. The summed E-state index contributed by atoms with van der Waals surface area (Å²) in [7, 11) is 0. The third-order valence-corrected chi connectivity index (χ3v) is 4.31. The summed E-state index contributed by atoms with van der Waals surface area (Å²) in [6.07, 6.45) is -0.494. The third kappa shape index (κ3) is 3.74. The van der Waals surface area contributed by atoms with Gasteiger partial charge in [-0.3, -0.25) is 4.90 Å². The number of benzene rings is 2. The molecule has 3 rings (SSSR count). The lowest BCUT2D eigenvalue weighted by Gasteiger charge is -2.33. The van der Waals surface area contributed by atoms with Gasteiger partial charge in [0.15, 0.2) is 0 Å². The van der Waals surface area contributed by atoms with Crippen LogP contribution in [-0.2, 0) is 4.74 Å². The standard InChI is InChI=1S/C19H23NO2/c21-19(17-9-5-2-6-10-17)18(16-7-3-1-4-8-16)15-20-11-13-22-14-12-20/h1-10,18-19,21H,11-15H2/t18-,19+/m1/s1. The van der Waals surface area contributed by atoms with Crippen LogP contribution in [0.3, 0.4) is 0 Å². The Labute approximate surface area is 132 Å². The smallest absolute Gasteiger partial charge is 0.0870 e. The molecule has 1 fully saturated rings. The molecule has 0 aromatic heterocycles. The van der Waals surface area contributed by atoms with Crippen molar-refractivity contribution in [1.82, 2.24) is 4.90 Å². The van der Waals surface area contributed by atoms with Crippen LogP contribution in [0.2, 0.25) is 0 Å². The van der Waals surface area contributed by atoms with Crippen molar-refractivity contribution < 1.29 is 9.84 Å². The molecule has 0 amide bonds. The first-order valence-electron chi connectivity index (χ1n) is 7.92. The normalized spacial score (nSPS) is 18.8. The molecule has 0 bridgehead atoms. The minimum Gasteiger partial charge on any atom is -0.388 e. The summed E-state index contributed by atoms with van der Waals surface area (Å²) in [6, 6.07) is 20.3. The van der Waals surface area contributed by atoms with Gasteiger partial charge in [0.25, 0.3) is 0 Å². The van der Waals surface area contributed by atoms with Crippen molar-refractivity contribution in [2.24, 2.45) is 0 Å². The topological polar surface area (TPSA) is 32.7 Å². The molecule has 1 aliphatic rings. The van der Waals surface area contributed by atoms with E-state index in [0.717, 1.165) is 38.4 Å². The van der Waals surface area contributed by atoms with E-state index in [-0.39, 0.29) is 5.92 Å². The molecule has 0 unspecified atom stereocenters. The summed E-state index contributed by atoms with van der Waals surface area (Å²) in [5, 5.41) is 10.9. The quantitative estimate of drug-likeness (QED) is 0.921. The summed E-state index contributed by atoms with van der Waals surface area (Å²) in [4.78, 5) is 2.38. The Hall–Kier alpha value is -1.68. The van der Waals surface area contributed by atoms with Gasteiger partial charge < -0.3 is 9.84 Å². The largest absolute Gasteiger partial charge is 0.388 e. The Morgan fingerprint density at radius 3 is 2.00 bits per heavy atom. The fourth-order valence-electron chi connectivity index (χ4n) is 3.03. The minimum absolute atomic E-state index is 0.0710. The first kappa shape index (κ1) is 15.2. The van der Waals surface area contributed by atoms with E-state index in [1.165, 1.54) is 5.56 Å². The number of morpholine rings is 1. The lowest BCUT2D eigenvalue weighted by atomic mass is 9.88. The maximum Gasteiger partial charge on any atom is 0.0870 e. The maximum absolute atomic E-state index is 10.9. The number of aliphatic hydroxyl groups is 1. The van der Waals surface area contributed by atoms with Gasteiger partial charge in [-0.2, -0.15) is 0 Å². The summed E-state index contributed by atoms with van der Waals surface area (Å²) in [5.41, 5.74) is 2.16. The zero-order valence-electron chi connectivity index (χ0n) is 12.8. The van der Waals surface area contributed by atoms with Gasteiger partial charge in [-0.25, -0.2) is 0 Å². The van der Waals surface area contributed by atoms with E-state index in [1.54, 1.807) is 0 Å². The van der Waals surface area contributed by atoms with E-state index in [2.05, 4.69) is 17.0 Å². The number of rotatable bonds is 5. The van der Waals surface area contributed by atoms with E-state index in [0.29, 0.717) is 0 Å². The molecule has 1 saturated heterocycles. The average molecular weight is 297 g/mol. The van der Waals surface area contributed by atoms with E-state index < -0.39 is 6.10 Å². The van der Waals surface area contributed by atoms with E-state index >= 15 is 0 Å². The molecule has 1 aliphatic heterocycles. The molecule has 0 saturated carbocycles. The second-order valence-corrected chi connectivity index (χ2v) is 5.79. The summed E-state index contributed by atoms with van der Waals surface area (Å²) < 4.78 is 5.43. The van der Waals surface area contributed by atoms with Gasteiger partial charge in [0.2, 0.25) is 0 Å². The van der Waals surface area contributed by atoms with Gasteiger partial charge in [0.1, 0.15) is 0 Å². The van der Waals surface area contributed by atoms with Crippen LogP contribution < -0.4 is 0 Å². The first-order valence-corrected chi connectivity index (χ1v) is 7.92. The van der Waals surface area contributed by atoms with Crippen LogP contribution in [0.5, 0.6) is 0 Å². The molecule has 0 aliphatic carbocycles. The van der Waals surface area contributed by atoms with E-state index in [1.807, 2.05) is 48.5 Å². The van der Waals surface area contributed by atoms with Gasteiger partial charge in [-0.15, -0.1) is 0 Å². The Bertz CT molecular complexity index is 552. The van der Waals surface area contributed by atoms with Crippen molar-refractivity contribution in [3.63, 3.8) is 0 Å². The molecule has 1 N–H and O–H groups in total. The van der Waals surface area contributed by atoms with Crippen molar-refractivity contribution in [3.8, 4) is 0 Å². The van der Waals surface area contributed by atoms with Crippen molar-refractivity contribution in [2.45, 2.75) is 12.0 Å². The van der Waals surface area contributed by atoms with Gasteiger partial charge in [-0.1, -0.05) is 60.7 Å². The zero-order valence-corrected chi connectivity index (χ0v) is 12.8. The first-order chi connectivity index (χ1) is 10.8. The molecular formula is C19H23NO2. The highest BCUT2D eigenvalue weighted by Gasteiger charge is 2.25. The Balaban J connectivity index is 1.82. The second-order valence-electron chi connectivity index (χ2n) is 5.79. The second kappa shape index (κ2) is 7.54. The maximum atomic E-state index is 10.9. The minimum atomic E-state index is -0.494.